The fourth-order valence-corrected chi connectivity index (χ4v) is 1.55. The summed E-state index contributed by atoms with van der Waals surface area (Å²) >= 11 is 3.41. The van der Waals surface area contributed by atoms with E-state index in [1.165, 1.54) is 0 Å². The number of halogens is 1. The van der Waals surface area contributed by atoms with Gasteiger partial charge in [-0.2, -0.15) is 0 Å². The Balaban J connectivity index is 2.51. The molecule has 3 heteroatoms. The minimum atomic E-state index is 0.634. The van der Waals surface area contributed by atoms with Gasteiger partial charge in [0, 0.05) is 6.42 Å². The number of unbranched alkanes of at least 4 members (excludes halogenated alkanes) is 1. The zero-order valence-electron chi connectivity index (χ0n) is 8.63. The second-order valence-corrected chi connectivity index (χ2v) is 3.81. The second-order valence-electron chi connectivity index (χ2n) is 2.95. The van der Waals surface area contributed by atoms with Crippen LogP contribution in [-0.2, 0) is 0 Å². The van der Waals surface area contributed by atoms with Crippen LogP contribution >= 0.6 is 15.9 Å². The molecule has 0 heterocycles. The summed E-state index contributed by atoms with van der Waals surface area (Å²) in [4.78, 5) is 0. The third-order valence-corrected chi connectivity index (χ3v) is 2.48. The fraction of sp³-hybridized carbons (Fsp3) is 0.333. The minimum absolute atomic E-state index is 0.634. The zero-order chi connectivity index (χ0) is 11.1. The first-order chi connectivity index (χ1) is 7.27. The van der Waals surface area contributed by atoms with E-state index < -0.39 is 0 Å². The maximum absolute atomic E-state index is 5.54. The summed E-state index contributed by atoms with van der Waals surface area (Å²) in [6.07, 6.45) is 6.76. The molecule has 1 aromatic rings. The van der Waals surface area contributed by atoms with E-state index in [1.54, 1.807) is 7.11 Å². The van der Waals surface area contributed by atoms with Gasteiger partial charge in [0.2, 0.25) is 0 Å². The van der Waals surface area contributed by atoms with Gasteiger partial charge < -0.3 is 9.47 Å². The standard InChI is InChI=1S/C12H13BrO2/c1-3-4-5-8-15-12-7-6-10(14-2)9-11(12)13/h1,6-7,9H,4-5,8H2,2H3. The van der Waals surface area contributed by atoms with Crippen LogP contribution in [0.4, 0.5) is 0 Å². The SMILES string of the molecule is C#CCCCOc1ccc(OC)cc1Br. The summed E-state index contributed by atoms with van der Waals surface area (Å²) in [5.74, 6) is 4.19. The van der Waals surface area contributed by atoms with E-state index in [0.29, 0.717) is 6.61 Å². The highest BCUT2D eigenvalue weighted by Gasteiger charge is 2.02. The first kappa shape index (κ1) is 11.9. The predicted octanol–water partition coefficient (Wildman–Crippen LogP) is 3.25. The van der Waals surface area contributed by atoms with Gasteiger partial charge in [0.1, 0.15) is 11.5 Å². The largest absolute Gasteiger partial charge is 0.497 e. The van der Waals surface area contributed by atoms with Crippen LogP contribution in [0, 0.1) is 12.3 Å². The van der Waals surface area contributed by atoms with Gasteiger partial charge in [-0.3, -0.25) is 0 Å². The van der Waals surface area contributed by atoms with Crippen molar-refractivity contribution in [3.63, 3.8) is 0 Å². The molecule has 0 aliphatic rings. The van der Waals surface area contributed by atoms with Crippen LogP contribution in [0.1, 0.15) is 12.8 Å². The van der Waals surface area contributed by atoms with Crippen LogP contribution in [0.25, 0.3) is 0 Å². The second kappa shape index (κ2) is 6.36. The number of ether oxygens (including phenoxy) is 2. The van der Waals surface area contributed by atoms with Crippen LogP contribution < -0.4 is 9.47 Å². The van der Waals surface area contributed by atoms with Gasteiger partial charge in [0.25, 0.3) is 0 Å². The third-order valence-electron chi connectivity index (χ3n) is 1.86. The third kappa shape index (κ3) is 3.85. The van der Waals surface area contributed by atoms with Crippen molar-refractivity contribution in [1.82, 2.24) is 0 Å². The van der Waals surface area contributed by atoms with E-state index in [-0.39, 0.29) is 0 Å². The van der Waals surface area contributed by atoms with Crippen LogP contribution in [0.2, 0.25) is 0 Å². The summed E-state index contributed by atoms with van der Waals surface area (Å²) in [5.41, 5.74) is 0. The minimum Gasteiger partial charge on any atom is -0.497 e. The molecule has 0 saturated carbocycles. The maximum atomic E-state index is 5.54. The van der Waals surface area contributed by atoms with Gasteiger partial charge in [0.05, 0.1) is 18.2 Å². The van der Waals surface area contributed by atoms with Crippen molar-refractivity contribution in [3.8, 4) is 23.8 Å². The molecular weight excluding hydrogens is 256 g/mol. The number of benzene rings is 1. The molecule has 1 aromatic carbocycles. The number of rotatable bonds is 5. The molecule has 0 unspecified atom stereocenters. The average molecular weight is 269 g/mol. The van der Waals surface area contributed by atoms with Crippen molar-refractivity contribution in [2.75, 3.05) is 13.7 Å². The first-order valence-corrected chi connectivity index (χ1v) is 5.47. The number of hydrogen-bond acceptors (Lipinski definition) is 2. The lowest BCUT2D eigenvalue weighted by molar-refractivity contribution is 0.310. The van der Waals surface area contributed by atoms with Crippen LogP contribution in [0.5, 0.6) is 11.5 Å². The van der Waals surface area contributed by atoms with Crippen molar-refractivity contribution < 1.29 is 9.47 Å². The summed E-state index contributed by atoms with van der Waals surface area (Å²) in [6, 6.07) is 5.61. The van der Waals surface area contributed by atoms with Gasteiger partial charge in [-0.05, 0) is 40.5 Å². The van der Waals surface area contributed by atoms with E-state index in [0.717, 1.165) is 28.8 Å². The highest BCUT2D eigenvalue weighted by atomic mass is 79.9. The molecule has 0 radical (unpaired) electrons. The van der Waals surface area contributed by atoms with E-state index in [1.807, 2.05) is 18.2 Å². The monoisotopic (exact) mass is 268 g/mol. The zero-order valence-corrected chi connectivity index (χ0v) is 10.2. The Bertz CT molecular complexity index is 355. The van der Waals surface area contributed by atoms with Crippen molar-refractivity contribution >= 4 is 15.9 Å². The van der Waals surface area contributed by atoms with Crippen molar-refractivity contribution in [3.05, 3.63) is 22.7 Å². The fourth-order valence-electron chi connectivity index (χ4n) is 1.08. The molecule has 0 spiro atoms. The molecular formula is C12H13BrO2. The lowest BCUT2D eigenvalue weighted by Crippen LogP contribution is -1.97. The van der Waals surface area contributed by atoms with Gasteiger partial charge in [-0.1, -0.05) is 0 Å². The van der Waals surface area contributed by atoms with Gasteiger partial charge in [-0.25, -0.2) is 0 Å². The van der Waals surface area contributed by atoms with Crippen LogP contribution in [0.15, 0.2) is 22.7 Å². The average Bonchev–Trinajstić information content (AvgIpc) is 2.26. The summed E-state index contributed by atoms with van der Waals surface area (Å²) in [7, 11) is 1.63. The van der Waals surface area contributed by atoms with Crippen molar-refractivity contribution in [1.29, 1.82) is 0 Å². The number of methoxy groups -OCH3 is 1. The Hall–Kier alpha value is -1.14. The number of terminal acetylenes is 1. The summed E-state index contributed by atoms with van der Waals surface area (Å²) in [5, 5.41) is 0. The number of hydrogen-bond donors (Lipinski definition) is 0. The Kier molecular flexibility index (Phi) is 5.06. The molecule has 0 aromatic heterocycles. The van der Waals surface area contributed by atoms with Crippen molar-refractivity contribution in [2.24, 2.45) is 0 Å². The summed E-state index contributed by atoms with van der Waals surface area (Å²) < 4.78 is 11.5. The molecule has 15 heavy (non-hydrogen) atoms. The van der Waals surface area contributed by atoms with E-state index >= 15 is 0 Å². The molecule has 2 nitrogen and oxygen atoms in total. The molecule has 0 N–H and O–H groups in total. The van der Waals surface area contributed by atoms with Crippen LogP contribution in [0.3, 0.4) is 0 Å². The molecule has 0 amide bonds. The van der Waals surface area contributed by atoms with Gasteiger partial charge in [0.15, 0.2) is 0 Å². The predicted molar refractivity (Wildman–Crippen MR) is 64.3 cm³/mol. The van der Waals surface area contributed by atoms with Crippen LogP contribution in [-0.4, -0.2) is 13.7 Å². The molecule has 1 rings (SSSR count). The molecule has 0 aliphatic carbocycles. The topological polar surface area (TPSA) is 18.5 Å². The highest BCUT2D eigenvalue weighted by molar-refractivity contribution is 9.10. The Morgan fingerprint density at radius 3 is 2.87 bits per heavy atom. The Morgan fingerprint density at radius 1 is 1.47 bits per heavy atom. The highest BCUT2D eigenvalue weighted by Crippen LogP contribution is 2.29. The lowest BCUT2D eigenvalue weighted by Gasteiger charge is -2.08. The Labute approximate surface area is 98.7 Å². The first-order valence-electron chi connectivity index (χ1n) is 4.67. The van der Waals surface area contributed by atoms with E-state index in [4.69, 9.17) is 15.9 Å². The Morgan fingerprint density at radius 2 is 2.27 bits per heavy atom. The normalized spacial score (nSPS) is 9.40. The van der Waals surface area contributed by atoms with Crippen molar-refractivity contribution in [2.45, 2.75) is 12.8 Å². The van der Waals surface area contributed by atoms with E-state index in [9.17, 15) is 0 Å². The molecule has 0 fully saturated rings. The molecule has 80 valence electrons. The lowest BCUT2D eigenvalue weighted by atomic mass is 10.3. The van der Waals surface area contributed by atoms with Gasteiger partial charge >= 0.3 is 0 Å². The molecule has 0 saturated heterocycles. The molecule has 0 aliphatic heterocycles. The molecule has 0 bridgehead atoms. The van der Waals surface area contributed by atoms with E-state index in [2.05, 4.69) is 21.9 Å². The summed E-state index contributed by atoms with van der Waals surface area (Å²) in [6.45, 7) is 0.634. The molecule has 0 atom stereocenters. The quantitative estimate of drug-likeness (QED) is 0.603. The van der Waals surface area contributed by atoms with Gasteiger partial charge in [-0.15, -0.1) is 12.3 Å². The smallest absolute Gasteiger partial charge is 0.133 e. The maximum Gasteiger partial charge on any atom is 0.133 e.